The molecule has 3 rings (SSSR count). The first-order valence-electron chi connectivity index (χ1n) is 9.75. The second-order valence-electron chi connectivity index (χ2n) is 7.25. The van der Waals surface area contributed by atoms with Gasteiger partial charge in [-0.25, -0.2) is 4.79 Å². The summed E-state index contributed by atoms with van der Waals surface area (Å²) < 4.78 is 10.7. The number of anilines is 1. The first-order chi connectivity index (χ1) is 13.9. The van der Waals surface area contributed by atoms with Gasteiger partial charge < -0.3 is 14.4 Å². The van der Waals surface area contributed by atoms with Crippen molar-refractivity contribution in [3.05, 3.63) is 65.2 Å². The Morgan fingerprint density at radius 3 is 2.24 bits per heavy atom. The van der Waals surface area contributed by atoms with Crippen molar-refractivity contribution in [3.63, 3.8) is 0 Å². The van der Waals surface area contributed by atoms with Crippen LogP contribution in [0.1, 0.15) is 53.0 Å². The summed E-state index contributed by atoms with van der Waals surface area (Å²) in [7, 11) is 0. The number of nitrogens with zero attached hydrogens (tertiary/aromatic N) is 1. The van der Waals surface area contributed by atoms with Crippen molar-refractivity contribution in [2.45, 2.75) is 39.4 Å². The molecule has 1 fully saturated rings. The molecule has 1 heterocycles. The Bertz CT molecular complexity index is 871. The Hall–Kier alpha value is -2.99. The van der Waals surface area contributed by atoms with E-state index < -0.39 is 5.97 Å². The van der Waals surface area contributed by atoms with Crippen LogP contribution in [0.15, 0.2) is 48.5 Å². The maximum absolute atomic E-state index is 12.3. The van der Waals surface area contributed by atoms with Crippen molar-refractivity contribution in [1.29, 1.82) is 0 Å². The number of rotatable bonds is 8. The van der Waals surface area contributed by atoms with E-state index in [4.69, 9.17) is 9.47 Å². The van der Waals surface area contributed by atoms with Gasteiger partial charge in [-0.3, -0.25) is 9.59 Å². The maximum Gasteiger partial charge on any atom is 0.338 e. The number of Topliss-reactive ketones (excluding diaryl/α,β-unsaturated/α-hetero) is 1. The van der Waals surface area contributed by atoms with Gasteiger partial charge in [-0.05, 0) is 62.2 Å². The van der Waals surface area contributed by atoms with Gasteiger partial charge in [-0.2, -0.15) is 0 Å². The number of amides is 1. The molecule has 0 unspecified atom stereocenters. The third-order valence-electron chi connectivity index (χ3n) is 4.68. The summed E-state index contributed by atoms with van der Waals surface area (Å²) in [4.78, 5) is 38.0. The second kappa shape index (κ2) is 9.47. The van der Waals surface area contributed by atoms with Crippen LogP contribution < -0.4 is 4.90 Å². The summed E-state index contributed by atoms with van der Waals surface area (Å²) in [6, 6.07) is 13.7. The molecule has 1 saturated heterocycles. The van der Waals surface area contributed by atoms with E-state index in [9.17, 15) is 14.4 Å². The molecule has 1 aliphatic rings. The number of ketones is 1. The first kappa shape index (κ1) is 20.7. The SMILES string of the molecule is CC(C)OCc1ccc(C(=O)OCC(=O)c2ccc(N3CCCC3=O)cc2)cc1. The lowest BCUT2D eigenvalue weighted by molar-refractivity contribution is -0.117. The molecule has 0 atom stereocenters. The van der Waals surface area contributed by atoms with E-state index in [1.54, 1.807) is 53.4 Å². The maximum atomic E-state index is 12.3. The topological polar surface area (TPSA) is 72.9 Å². The Morgan fingerprint density at radius 1 is 1.00 bits per heavy atom. The van der Waals surface area contributed by atoms with Gasteiger partial charge in [-0.1, -0.05) is 12.1 Å². The average molecular weight is 395 g/mol. The molecule has 2 aromatic carbocycles. The fourth-order valence-electron chi connectivity index (χ4n) is 3.05. The van der Waals surface area contributed by atoms with Crippen molar-refractivity contribution in [1.82, 2.24) is 0 Å². The molecule has 0 radical (unpaired) electrons. The Morgan fingerprint density at radius 2 is 1.66 bits per heavy atom. The van der Waals surface area contributed by atoms with Crippen molar-refractivity contribution < 1.29 is 23.9 Å². The molecule has 0 bridgehead atoms. The molecular weight excluding hydrogens is 370 g/mol. The number of carbonyl (C=O) groups is 3. The van der Waals surface area contributed by atoms with Crippen LogP contribution in [0, 0.1) is 0 Å². The highest BCUT2D eigenvalue weighted by Crippen LogP contribution is 2.21. The van der Waals surface area contributed by atoms with Gasteiger partial charge in [0.05, 0.1) is 18.3 Å². The van der Waals surface area contributed by atoms with Crippen LogP contribution in [0.5, 0.6) is 0 Å². The van der Waals surface area contributed by atoms with Gasteiger partial charge in [0, 0.05) is 24.2 Å². The highest BCUT2D eigenvalue weighted by atomic mass is 16.5. The minimum absolute atomic E-state index is 0.0970. The van der Waals surface area contributed by atoms with Gasteiger partial charge in [-0.15, -0.1) is 0 Å². The summed E-state index contributed by atoms with van der Waals surface area (Å²) in [5.41, 5.74) is 2.56. The van der Waals surface area contributed by atoms with Crippen molar-refractivity contribution >= 4 is 23.3 Å². The molecule has 2 aromatic rings. The summed E-state index contributed by atoms with van der Waals surface area (Å²) >= 11 is 0. The van der Waals surface area contributed by atoms with E-state index in [0.29, 0.717) is 30.7 Å². The summed E-state index contributed by atoms with van der Waals surface area (Å²) in [5, 5.41) is 0. The van der Waals surface area contributed by atoms with E-state index in [1.807, 2.05) is 13.8 Å². The molecule has 0 spiro atoms. The number of benzene rings is 2. The molecule has 1 aliphatic heterocycles. The molecule has 0 aliphatic carbocycles. The van der Waals surface area contributed by atoms with Gasteiger partial charge in [0.25, 0.3) is 0 Å². The molecular formula is C23H25NO5. The standard InChI is InChI=1S/C23H25NO5/c1-16(2)28-14-17-5-7-19(8-6-17)23(27)29-15-21(25)18-9-11-20(12-10-18)24-13-3-4-22(24)26/h5-12,16H,3-4,13-15H2,1-2H3. The molecule has 0 N–H and O–H groups in total. The average Bonchev–Trinajstić information content (AvgIpc) is 3.16. The van der Waals surface area contributed by atoms with E-state index in [2.05, 4.69) is 0 Å². The van der Waals surface area contributed by atoms with Crippen LogP contribution in [0.25, 0.3) is 0 Å². The molecule has 6 nitrogen and oxygen atoms in total. The smallest absolute Gasteiger partial charge is 0.338 e. The van der Waals surface area contributed by atoms with Crippen molar-refractivity contribution in [2.75, 3.05) is 18.1 Å². The van der Waals surface area contributed by atoms with Crippen LogP contribution in [0.4, 0.5) is 5.69 Å². The Labute approximate surface area is 170 Å². The molecule has 0 saturated carbocycles. The molecule has 0 aromatic heterocycles. The lowest BCUT2D eigenvalue weighted by Gasteiger charge is -2.15. The molecule has 29 heavy (non-hydrogen) atoms. The second-order valence-corrected chi connectivity index (χ2v) is 7.25. The molecule has 152 valence electrons. The number of hydrogen-bond acceptors (Lipinski definition) is 5. The van der Waals surface area contributed by atoms with E-state index in [0.717, 1.165) is 17.7 Å². The summed E-state index contributed by atoms with van der Waals surface area (Å²) in [6.45, 7) is 4.76. The fourth-order valence-corrected chi connectivity index (χ4v) is 3.05. The Kier molecular flexibility index (Phi) is 6.77. The quantitative estimate of drug-likeness (QED) is 0.502. The van der Waals surface area contributed by atoms with Gasteiger partial charge >= 0.3 is 5.97 Å². The number of esters is 1. The van der Waals surface area contributed by atoms with E-state index in [-0.39, 0.29) is 24.4 Å². The predicted molar refractivity (Wildman–Crippen MR) is 109 cm³/mol. The van der Waals surface area contributed by atoms with Gasteiger partial charge in [0.1, 0.15) is 0 Å². The Balaban J connectivity index is 1.52. The predicted octanol–water partition coefficient (Wildman–Crippen LogP) is 3.78. The van der Waals surface area contributed by atoms with Gasteiger partial charge in [0.2, 0.25) is 5.91 Å². The normalized spacial score (nSPS) is 13.8. The highest BCUT2D eigenvalue weighted by molar-refractivity contribution is 6.00. The van der Waals surface area contributed by atoms with Crippen LogP contribution in [0.2, 0.25) is 0 Å². The van der Waals surface area contributed by atoms with Crippen molar-refractivity contribution in [3.8, 4) is 0 Å². The van der Waals surface area contributed by atoms with E-state index >= 15 is 0 Å². The van der Waals surface area contributed by atoms with Crippen LogP contribution in [-0.2, 0) is 20.9 Å². The number of carbonyl (C=O) groups excluding carboxylic acids is 3. The molecule has 1 amide bonds. The van der Waals surface area contributed by atoms with Crippen LogP contribution in [0.3, 0.4) is 0 Å². The fraction of sp³-hybridized carbons (Fsp3) is 0.348. The van der Waals surface area contributed by atoms with Gasteiger partial charge in [0.15, 0.2) is 12.4 Å². The third-order valence-corrected chi connectivity index (χ3v) is 4.68. The highest BCUT2D eigenvalue weighted by Gasteiger charge is 2.21. The number of hydrogen-bond donors (Lipinski definition) is 0. The minimum atomic E-state index is -0.547. The summed E-state index contributed by atoms with van der Waals surface area (Å²) in [5.74, 6) is -0.742. The van der Waals surface area contributed by atoms with Crippen LogP contribution >= 0.6 is 0 Å². The number of ether oxygens (including phenoxy) is 2. The third kappa shape index (κ3) is 5.51. The lowest BCUT2D eigenvalue weighted by Crippen LogP contribution is -2.23. The largest absolute Gasteiger partial charge is 0.454 e. The van der Waals surface area contributed by atoms with Crippen LogP contribution in [-0.4, -0.2) is 36.9 Å². The van der Waals surface area contributed by atoms with Crippen molar-refractivity contribution in [2.24, 2.45) is 0 Å². The zero-order chi connectivity index (χ0) is 20.8. The zero-order valence-electron chi connectivity index (χ0n) is 16.7. The minimum Gasteiger partial charge on any atom is -0.454 e. The summed E-state index contributed by atoms with van der Waals surface area (Å²) in [6.07, 6.45) is 1.54. The first-order valence-corrected chi connectivity index (χ1v) is 9.75. The van der Waals surface area contributed by atoms with E-state index in [1.165, 1.54) is 0 Å². The zero-order valence-corrected chi connectivity index (χ0v) is 16.7. The molecule has 6 heteroatoms. The lowest BCUT2D eigenvalue weighted by atomic mass is 10.1. The monoisotopic (exact) mass is 395 g/mol.